The first-order valence-electron chi connectivity index (χ1n) is 7.41. The first kappa shape index (κ1) is 16.9. The van der Waals surface area contributed by atoms with E-state index in [1.807, 2.05) is 13.8 Å². The molecule has 1 aromatic heterocycles. The van der Waals surface area contributed by atoms with Gasteiger partial charge in [0, 0.05) is 6.92 Å². The van der Waals surface area contributed by atoms with E-state index in [0.717, 1.165) is 0 Å². The summed E-state index contributed by atoms with van der Waals surface area (Å²) in [5, 5.41) is 0.439. The summed E-state index contributed by atoms with van der Waals surface area (Å²) < 4.78 is 21.7. The summed E-state index contributed by atoms with van der Waals surface area (Å²) in [5.74, 6) is -0.226. The summed E-state index contributed by atoms with van der Waals surface area (Å²) in [6, 6.07) is 5.09. The molecule has 0 saturated heterocycles. The van der Waals surface area contributed by atoms with E-state index in [-0.39, 0.29) is 29.3 Å². The van der Waals surface area contributed by atoms with Crippen molar-refractivity contribution in [2.45, 2.75) is 46.8 Å². The van der Waals surface area contributed by atoms with Gasteiger partial charge in [-0.2, -0.15) is 0 Å². The van der Waals surface area contributed by atoms with Gasteiger partial charge < -0.3 is 18.6 Å². The SMILES string of the molecule is CC(=O)Oc1c(OC(C)C)c(=O)oc2c(OC(C)C)cccc12. The largest absolute Gasteiger partial charge is 0.487 e. The molecular weight excluding hydrogens is 300 g/mol. The second-order valence-electron chi connectivity index (χ2n) is 5.61. The van der Waals surface area contributed by atoms with Gasteiger partial charge in [0.15, 0.2) is 17.1 Å². The Hall–Kier alpha value is -2.50. The summed E-state index contributed by atoms with van der Waals surface area (Å²) >= 11 is 0. The average Bonchev–Trinajstić information content (AvgIpc) is 2.42. The number of benzene rings is 1. The number of fused-ring (bicyclic) bond motifs is 1. The Bertz CT molecular complexity index is 772. The molecule has 0 N–H and O–H groups in total. The standard InChI is InChI=1S/C17H20O6/c1-9(2)20-13-8-6-7-12-14(13)23-17(19)16(21-10(3)4)15(12)22-11(5)18/h6-10H,1-5H3. The normalized spacial score (nSPS) is 11.1. The molecule has 0 aliphatic heterocycles. The van der Waals surface area contributed by atoms with E-state index < -0.39 is 11.6 Å². The van der Waals surface area contributed by atoms with Crippen LogP contribution in [0.2, 0.25) is 0 Å². The monoisotopic (exact) mass is 320 g/mol. The van der Waals surface area contributed by atoms with E-state index in [1.165, 1.54) is 6.92 Å². The zero-order chi connectivity index (χ0) is 17.1. The van der Waals surface area contributed by atoms with Crippen LogP contribution < -0.4 is 19.8 Å². The summed E-state index contributed by atoms with van der Waals surface area (Å²) in [5.41, 5.74) is -0.499. The fourth-order valence-corrected chi connectivity index (χ4v) is 2.08. The number of ether oxygens (including phenoxy) is 3. The molecule has 0 bridgehead atoms. The smallest absolute Gasteiger partial charge is 0.383 e. The number of para-hydroxylation sites is 1. The van der Waals surface area contributed by atoms with E-state index >= 15 is 0 Å². The van der Waals surface area contributed by atoms with Crippen LogP contribution in [0.25, 0.3) is 11.0 Å². The molecule has 0 spiro atoms. The molecule has 23 heavy (non-hydrogen) atoms. The highest BCUT2D eigenvalue weighted by Gasteiger charge is 2.22. The molecule has 0 aliphatic rings. The van der Waals surface area contributed by atoms with Crippen LogP contribution in [-0.2, 0) is 4.79 Å². The molecule has 1 aromatic carbocycles. The minimum absolute atomic E-state index is 0.0478. The van der Waals surface area contributed by atoms with Gasteiger partial charge in [-0.25, -0.2) is 4.79 Å². The van der Waals surface area contributed by atoms with Crippen LogP contribution in [0.3, 0.4) is 0 Å². The molecule has 0 radical (unpaired) electrons. The maximum absolute atomic E-state index is 12.3. The van der Waals surface area contributed by atoms with Gasteiger partial charge in [0.1, 0.15) is 0 Å². The van der Waals surface area contributed by atoms with Crippen molar-refractivity contribution < 1.29 is 23.4 Å². The number of hydrogen-bond acceptors (Lipinski definition) is 6. The molecule has 6 heteroatoms. The Morgan fingerprint density at radius 2 is 1.70 bits per heavy atom. The number of rotatable bonds is 5. The van der Waals surface area contributed by atoms with Crippen LogP contribution in [0.1, 0.15) is 34.6 Å². The molecule has 1 heterocycles. The molecule has 0 aliphatic carbocycles. The fraction of sp³-hybridized carbons (Fsp3) is 0.412. The summed E-state index contributed by atoms with van der Waals surface area (Å²) in [4.78, 5) is 23.7. The van der Waals surface area contributed by atoms with Crippen LogP contribution in [-0.4, -0.2) is 18.2 Å². The Balaban J connectivity index is 2.75. The Morgan fingerprint density at radius 1 is 1.04 bits per heavy atom. The quantitative estimate of drug-likeness (QED) is 0.621. The lowest BCUT2D eigenvalue weighted by atomic mass is 10.2. The lowest BCUT2D eigenvalue weighted by Gasteiger charge is -2.16. The van der Waals surface area contributed by atoms with Crippen molar-refractivity contribution >= 4 is 16.9 Å². The molecule has 0 amide bonds. The minimum atomic E-state index is -0.720. The maximum atomic E-state index is 12.3. The highest BCUT2D eigenvalue weighted by molar-refractivity contribution is 5.91. The van der Waals surface area contributed by atoms with Gasteiger partial charge >= 0.3 is 11.6 Å². The highest BCUT2D eigenvalue weighted by atomic mass is 16.6. The van der Waals surface area contributed by atoms with Crippen molar-refractivity contribution in [1.29, 1.82) is 0 Å². The van der Waals surface area contributed by atoms with E-state index in [4.69, 9.17) is 18.6 Å². The molecule has 0 fully saturated rings. The number of esters is 1. The topological polar surface area (TPSA) is 75.0 Å². The van der Waals surface area contributed by atoms with Gasteiger partial charge in [0.05, 0.1) is 17.6 Å². The van der Waals surface area contributed by atoms with Crippen molar-refractivity contribution in [1.82, 2.24) is 0 Å². The molecule has 0 atom stereocenters. The zero-order valence-electron chi connectivity index (χ0n) is 13.8. The Morgan fingerprint density at radius 3 is 2.26 bits per heavy atom. The van der Waals surface area contributed by atoms with Crippen LogP contribution >= 0.6 is 0 Å². The van der Waals surface area contributed by atoms with E-state index in [9.17, 15) is 9.59 Å². The summed E-state index contributed by atoms with van der Waals surface area (Å²) in [6.07, 6.45) is -0.380. The predicted octanol–water partition coefficient (Wildman–Crippen LogP) is 3.29. The van der Waals surface area contributed by atoms with Gasteiger partial charge in [-0.1, -0.05) is 6.07 Å². The van der Waals surface area contributed by atoms with Crippen molar-refractivity contribution in [3.63, 3.8) is 0 Å². The number of carbonyl (C=O) groups excluding carboxylic acids is 1. The van der Waals surface area contributed by atoms with Gasteiger partial charge in [0.2, 0.25) is 5.75 Å². The van der Waals surface area contributed by atoms with Crippen molar-refractivity contribution in [2.24, 2.45) is 0 Å². The summed E-state index contributed by atoms with van der Waals surface area (Å²) in [6.45, 7) is 8.51. The maximum Gasteiger partial charge on any atom is 0.383 e. The van der Waals surface area contributed by atoms with E-state index in [2.05, 4.69) is 0 Å². The number of carbonyl (C=O) groups is 1. The lowest BCUT2D eigenvalue weighted by molar-refractivity contribution is -0.131. The molecule has 6 nitrogen and oxygen atoms in total. The van der Waals surface area contributed by atoms with Gasteiger partial charge in [-0.15, -0.1) is 0 Å². The van der Waals surface area contributed by atoms with Gasteiger partial charge in [0.25, 0.3) is 0 Å². The van der Waals surface area contributed by atoms with Crippen LogP contribution in [0, 0.1) is 0 Å². The molecule has 2 aromatic rings. The van der Waals surface area contributed by atoms with Crippen molar-refractivity contribution in [3.05, 3.63) is 28.6 Å². The Kier molecular flexibility index (Phi) is 4.93. The third-order valence-corrected chi connectivity index (χ3v) is 2.77. The first-order chi connectivity index (χ1) is 10.8. The minimum Gasteiger partial charge on any atom is -0.487 e. The Labute approximate surface area is 134 Å². The van der Waals surface area contributed by atoms with Gasteiger partial charge in [-0.05, 0) is 39.8 Å². The highest BCUT2D eigenvalue weighted by Crippen LogP contribution is 2.37. The third-order valence-electron chi connectivity index (χ3n) is 2.77. The average molecular weight is 320 g/mol. The first-order valence-corrected chi connectivity index (χ1v) is 7.41. The van der Waals surface area contributed by atoms with Crippen molar-refractivity contribution in [2.75, 3.05) is 0 Å². The number of hydrogen-bond donors (Lipinski definition) is 0. The second-order valence-corrected chi connectivity index (χ2v) is 5.61. The van der Waals surface area contributed by atoms with Crippen LogP contribution in [0.15, 0.2) is 27.4 Å². The predicted molar refractivity (Wildman–Crippen MR) is 85.3 cm³/mol. The fourth-order valence-electron chi connectivity index (χ4n) is 2.08. The second kappa shape index (κ2) is 6.73. The summed E-state index contributed by atoms with van der Waals surface area (Å²) in [7, 11) is 0. The molecule has 0 saturated carbocycles. The van der Waals surface area contributed by atoms with Gasteiger partial charge in [-0.3, -0.25) is 4.79 Å². The van der Waals surface area contributed by atoms with Crippen molar-refractivity contribution in [3.8, 4) is 17.2 Å². The van der Waals surface area contributed by atoms with E-state index in [0.29, 0.717) is 11.1 Å². The third kappa shape index (κ3) is 3.83. The molecule has 124 valence electrons. The van der Waals surface area contributed by atoms with Crippen LogP contribution in [0.4, 0.5) is 0 Å². The molecule has 0 unspecified atom stereocenters. The molecule has 2 rings (SSSR count). The zero-order valence-corrected chi connectivity index (χ0v) is 13.8. The lowest BCUT2D eigenvalue weighted by Crippen LogP contribution is -2.16. The molecular formula is C17H20O6. The van der Waals surface area contributed by atoms with Crippen LogP contribution in [0.5, 0.6) is 17.2 Å². The van der Waals surface area contributed by atoms with E-state index in [1.54, 1.807) is 32.0 Å².